The minimum absolute atomic E-state index is 0.118. The maximum absolute atomic E-state index is 11.9. The van der Waals surface area contributed by atoms with E-state index in [9.17, 15) is 4.79 Å². The van der Waals surface area contributed by atoms with E-state index in [4.69, 9.17) is 0 Å². The first-order chi connectivity index (χ1) is 8.13. The molecule has 0 atom stereocenters. The molecule has 0 aliphatic carbocycles. The van der Waals surface area contributed by atoms with Crippen molar-refractivity contribution in [3.8, 4) is 0 Å². The molecule has 6 nitrogen and oxygen atoms in total. The Hall–Kier alpha value is -1.28. The number of aryl methyl sites for hydroxylation is 1. The molecule has 0 unspecified atom stereocenters. The van der Waals surface area contributed by atoms with E-state index in [2.05, 4.69) is 35.8 Å². The zero-order chi connectivity index (χ0) is 12.4. The highest BCUT2D eigenvalue weighted by Gasteiger charge is 2.10. The van der Waals surface area contributed by atoms with Gasteiger partial charge < -0.3 is 5.32 Å². The second-order valence-corrected chi connectivity index (χ2v) is 4.92. The Labute approximate surface area is 110 Å². The summed E-state index contributed by atoms with van der Waals surface area (Å²) in [5.74, 6) is 0. The lowest BCUT2D eigenvalue weighted by Gasteiger charge is -2.05. The molecule has 0 saturated carbocycles. The van der Waals surface area contributed by atoms with E-state index in [-0.39, 0.29) is 5.56 Å². The van der Waals surface area contributed by atoms with Crippen LogP contribution in [-0.2, 0) is 6.54 Å². The highest BCUT2D eigenvalue weighted by Crippen LogP contribution is 2.17. The van der Waals surface area contributed by atoms with Crippen LogP contribution in [0.1, 0.15) is 11.4 Å². The van der Waals surface area contributed by atoms with Gasteiger partial charge in [-0.15, -0.1) is 5.10 Å². The van der Waals surface area contributed by atoms with E-state index in [1.165, 1.54) is 22.4 Å². The van der Waals surface area contributed by atoms with Crippen molar-refractivity contribution in [1.29, 1.82) is 0 Å². The first-order valence-electron chi connectivity index (χ1n) is 4.84. The predicted octanol–water partition coefficient (Wildman–Crippen LogP) is 1.26. The summed E-state index contributed by atoms with van der Waals surface area (Å²) in [6.45, 7) is 2.14. The summed E-state index contributed by atoms with van der Waals surface area (Å²) in [6.07, 6.45) is 1.52. The van der Waals surface area contributed by atoms with Gasteiger partial charge in [0.15, 0.2) is 0 Å². The fourth-order valence-electron chi connectivity index (χ4n) is 1.32. The third-order valence-corrected chi connectivity index (χ3v) is 3.96. The number of nitrogens with zero attached hydrogens (tertiary/aromatic N) is 4. The van der Waals surface area contributed by atoms with E-state index in [1.807, 2.05) is 0 Å². The highest BCUT2D eigenvalue weighted by atomic mass is 79.9. The van der Waals surface area contributed by atoms with Crippen LogP contribution in [0.2, 0.25) is 0 Å². The van der Waals surface area contributed by atoms with Gasteiger partial charge in [0.25, 0.3) is 5.56 Å². The van der Waals surface area contributed by atoms with Crippen LogP contribution in [0.25, 0.3) is 0 Å². The Morgan fingerprint density at radius 3 is 3.06 bits per heavy atom. The van der Waals surface area contributed by atoms with Crippen molar-refractivity contribution in [3.63, 3.8) is 0 Å². The van der Waals surface area contributed by atoms with E-state index >= 15 is 0 Å². The number of halogens is 1. The van der Waals surface area contributed by atoms with Crippen LogP contribution in [0.3, 0.4) is 0 Å². The minimum atomic E-state index is -0.118. The van der Waals surface area contributed by atoms with Gasteiger partial charge in [-0.25, -0.2) is 4.98 Å². The van der Waals surface area contributed by atoms with Crippen molar-refractivity contribution < 1.29 is 0 Å². The molecule has 0 saturated heterocycles. The van der Waals surface area contributed by atoms with Crippen LogP contribution < -0.4 is 10.9 Å². The van der Waals surface area contributed by atoms with Gasteiger partial charge >= 0.3 is 0 Å². The molecule has 8 heteroatoms. The molecule has 0 aromatic carbocycles. The zero-order valence-corrected chi connectivity index (χ0v) is 11.7. The fraction of sp³-hybridized carbons (Fsp3) is 0.333. The summed E-state index contributed by atoms with van der Waals surface area (Å²) in [4.78, 5) is 16.1. The first-order valence-corrected chi connectivity index (χ1v) is 6.40. The maximum atomic E-state index is 11.9. The van der Waals surface area contributed by atoms with Gasteiger partial charge in [-0.05, 0) is 22.9 Å². The number of aromatic nitrogens is 4. The SMILES string of the molecule is CNc1snnc1Cn1cnc(C)c(Br)c1=O. The van der Waals surface area contributed by atoms with Gasteiger partial charge in [-0.1, -0.05) is 4.49 Å². The van der Waals surface area contributed by atoms with E-state index in [1.54, 1.807) is 14.0 Å². The van der Waals surface area contributed by atoms with Crippen LogP contribution in [-0.4, -0.2) is 26.2 Å². The third-order valence-electron chi connectivity index (χ3n) is 2.26. The number of nitrogens with one attached hydrogen (secondary N) is 1. The standard InChI is InChI=1S/C9H10BrN5OS/c1-5-7(10)9(16)15(4-12-5)3-6-8(11-2)17-14-13-6/h4,11H,3H2,1-2H3. The van der Waals surface area contributed by atoms with Gasteiger partial charge in [0, 0.05) is 18.6 Å². The third kappa shape index (κ3) is 2.37. The van der Waals surface area contributed by atoms with Crippen molar-refractivity contribution in [2.45, 2.75) is 13.5 Å². The first kappa shape index (κ1) is 12.2. The molecule has 2 aromatic heterocycles. The normalized spacial score (nSPS) is 10.5. The van der Waals surface area contributed by atoms with Gasteiger partial charge in [0.1, 0.15) is 15.2 Å². The van der Waals surface area contributed by atoms with Crippen LogP contribution in [0, 0.1) is 6.92 Å². The maximum Gasteiger partial charge on any atom is 0.268 e. The van der Waals surface area contributed by atoms with Crippen LogP contribution >= 0.6 is 27.5 Å². The number of hydrogen-bond donors (Lipinski definition) is 1. The monoisotopic (exact) mass is 315 g/mol. The summed E-state index contributed by atoms with van der Waals surface area (Å²) < 4.78 is 5.82. The molecule has 0 spiro atoms. The van der Waals surface area contributed by atoms with Crippen molar-refractivity contribution in [1.82, 2.24) is 19.1 Å². The predicted molar refractivity (Wildman–Crippen MR) is 69.5 cm³/mol. The molecule has 90 valence electrons. The Kier molecular flexibility index (Phi) is 3.53. The summed E-state index contributed by atoms with van der Waals surface area (Å²) in [7, 11) is 1.80. The molecule has 0 radical (unpaired) electrons. The Bertz CT molecular complexity index is 593. The number of hydrogen-bond acceptors (Lipinski definition) is 6. The van der Waals surface area contributed by atoms with Gasteiger partial charge in [0.05, 0.1) is 18.6 Å². The molecule has 0 aliphatic heterocycles. The number of anilines is 1. The second-order valence-electron chi connectivity index (χ2n) is 3.38. The highest BCUT2D eigenvalue weighted by molar-refractivity contribution is 9.10. The quantitative estimate of drug-likeness (QED) is 0.923. The molecule has 0 bridgehead atoms. The average Bonchev–Trinajstić information content (AvgIpc) is 2.77. The van der Waals surface area contributed by atoms with E-state index in [0.717, 1.165) is 10.7 Å². The molecule has 2 rings (SSSR count). The zero-order valence-electron chi connectivity index (χ0n) is 9.27. The van der Waals surface area contributed by atoms with Crippen LogP contribution in [0.4, 0.5) is 5.00 Å². The fourth-order valence-corrected chi connectivity index (χ4v) is 2.18. The molecule has 0 fully saturated rings. The van der Waals surface area contributed by atoms with Crippen molar-refractivity contribution in [2.75, 3.05) is 12.4 Å². The molecule has 0 aliphatic rings. The van der Waals surface area contributed by atoms with E-state index < -0.39 is 0 Å². The lowest BCUT2D eigenvalue weighted by atomic mass is 10.4. The molecular weight excluding hydrogens is 306 g/mol. The van der Waals surface area contributed by atoms with Crippen molar-refractivity contribution in [3.05, 3.63) is 32.5 Å². The van der Waals surface area contributed by atoms with Gasteiger partial charge in [0.2, 0.25) is 0 Å². The summed E-state index contributed by atoms with van der Waals surface area (Å²) in [5, 5.41) is 7.82. The van der Waals surface area contributed by atoms with Crippen LogP contribution in [0.15, 0.2) is 15.6 Å². The molecule has 2 aromatic rings. The summed E-state index contributed by atoms with van der Waals surface area (Å²) in [6, 6.07) is 0. The largest absolute Gasteiger partial charge is 0.377 e. The lowest BCUT2D eigenvalue weighted by molar-refractivity contribution is 0.707. The number of rotatable bonds is 3. The van der Waals surface area contributed by atoms with Crippen LogP contribution in [0.5, 0.6) is 0 Å². The smallest absolute Gasteiger partial charge is 0.268 e. The minimum Gasteiger partial charge on any atom is -0.377 e. The lowest BCUT2D eigenvalue weighted by Crippen LogP contribution is -2.23. The Morgan fingerprint density at radius 1 is 1.59 bits per heavy atom. The van der Waals surface area contributed by atoms with Gasteiger partial charge in [-0.2, -0.15) is 0 Å². The second kappa shape index (κ2) is 4.92. The summed E-state index contributed by atoms with van der Waals surface area (Å²) in [5.41, 5.74) is 1.29. The molecule has 17 heavy (non-hydrogen) atoms. The molecule has 0 amide bonds. The van der Waals surface area contributed by atoms with Crippen molar-refractivity contribution in [2.24, 2.45) is 0 Å². The molecule has 1 N–H and O–H groups in total. The summed E-state index contributed by atoms with van der Waals surface area (Å²) >= 11 is 4.49. The Balaban J connectivity index is 2.37. The molecule has 2 heterocycles. The van der Waals surface area contributed by atoms with E-state index in [0.29, 0.717) is 16.7 Å². The van der Waals surface area contributed by atoms with Crippen molar-refractivity contribution >= 4 is 32.5 Å². The molecular formula is C9H10BrN5OS. The van der Waals surface area contributed by atoms with Gasteiger partial charge in [-0.3, -0.25) is 9.36 Å². The Morgan fingerprint density at radius 2 is 2.35 bits per heavy atom. The average molecular weight is 316 g/mol. The topological polar surface area (TPSA) is 72.7 Å².